The minimum atomic E-state index is 0.919. The van der Waals surface area contributed by atoms with E-state index >= 15 is 0 Å². The molecule has 0 aromatic heterocycles. The first-order valence-corrected chi connectivity index (χ1v) is 4.68. The number of hydrogen-bond acceptors (Lipinski definition) is 2. The Hall–Kier alpha value is -1.28. The van der Waals surface area contributed by atoms with E-state index in [1.54, 1.807) is 7.11 Å². The Labute approximate surface area is 85.8 Å². The van der Waals surface area contributed by atoms with E-state index in [4.69, 9.17) is 4.74 Å². The van der Waals surface area contributed by atoms with Crippen molar-refractivity contribution in [2.75, 3.05) is 27.7 Å². The Morgan fingerprint density at radius 2 is 2.00 bits per heavy atom. The van der Waals surface area contributed by atoms with Crippen molar-refractivity contribution in [3.8, 4) is 5.75 Å². The molecule has 2 nitrogen and oxygen atoms in total. The second-order valence-electron chi connectivity index (χ2n) is 3.41. The molecule has 0 heterocycles. The van der Waals surface area contributed by atoms with Crippen molar-refractivity contribution in [3.63, 3.8) is 0 Å². The summed E-state index contributed by atoms with van der Waals surface area (Å²) in [4.78, 5) is 2.12. The van der Waals surface area contributed by atoms with Gasteiger partial charge in [0.25, 0.3) is 0 Å². The maximum absolute atomic E-state index is 5.24. The lowest BCUT2D eigenvalue weighted by Crippen LogP contribution is -2.10. The summed E-state index contributed by atoms with van der Waals surface area (Å²) in [5.41, 5.74) is 1.12. The van der Waals surface area contributed by atoms with Crippen LogP contribution in [-0.2, 0) is 0 Å². The molecular formula is C12H17NO. The van der Waals surface area contributed by atoms with Crippen molar-refractivity contribution in [1.29, 1.82) is 0 Å². The number of likely N-dealkylation sites (N-methyl/N-ethyl adjacent to an activating group) is 1. The summed E-state index contributed by atoms with van der Waals surface area (Å²) in [5, 5.41) is 0. The third-order valence-electron chi connectivity index (χ3n) is 1.91. The molecular weight excluding hydrogens is 174 g/mol. The van der Waals surface area contributed by atoms with Crippen molar-refractivity contribution in [3.05, 3.63) is 35.9 Å². The summed E-state index contributed by atoms with van der Waals surface area (Å²) in [6, 6.07) is 8.00. The molecule has 2 heteroatoms. The van der Waals surface area contributed by atoms with Crippen LogP contribution in [0.1, 0.15) is 5.56 Å². The first kappa shape index (κ1) is 10.8. The highest BCUT2D eigenvalue weighted by atomic mass is 16.5. The number of hydrogen-bond donors (Lipinski definition) is 0. The minimum Gasteiger partial charge on any atom is -0.496 e. The molecule has 0 aliphatic rings. The van der Waals surface area contributed by atoms with Gasteiger partial charge in [0.15, 0.2) is 0 Å². The first-order valence-electron chi connectivity index (χ1n) is 4.68. The molecule has 0 N–H and O–H groups in total. The molecule has 1 aromatic rings. The molecule has 1 rings (SSSR count). The van der Waals surface area contributed by atoms with Crippen LogP contribution in [0.5, 0.6) is 5.75 Å². The zero-order valence-corrected chi connectivity index (χ0v) is 9.03. The van der Waals surface area contributed by atoms with Gasteiger partial charge in [0.1, 0.15) is 5.75 Å². The lowest BCUT2D eigenvalue weighted by molar-refractivity contribution is 0.413. The van der Waals surface area contributed by atoms with Gasteiger partial charge in [-0.25, -0.2) is 0 Å². The van der Waals surface area contributed by atoms with E-state index in [9.17, 15) is 0 Å². The molecule has 0 spiro atoms. The third-order valence-corrected chi connectivity index (χ3v) is 1.91. The van der Waals surface area contributed by atoms with E-state index in [-0.39, 0.29) is 0 Å². The molecule has 0 fully saturated rings. The molecule has 0 aliphatic carbocycles. The number of para-hydroxylation sites is 1. The van der Waals surface area contributed by atoms with Gasteiger partial charge in [-0.15, -0.1) is 0 Å². The van der Waals surface area contributed by atoms with E-state index in [1.165, 1.54) is 0 Å². The van der Waals surface area contributed by atoms with E-state index in [0.717, 1.165) is 17.9 Å². The largest absolute Gasteiger partial charge is 0.496 e. The maximum Gasteiger partial charge on any atom is 0.126 e. The smallest absolute Gasteiger partial charge is 0.126 e. The molecule has 0 atom stereocenters. The summed E-state index contributed by atoms with van der Waals surface area (Å²) in [6.45, 7) is 0.943. The van der Waals surface area contributed by atoms with Crippen LogP contribution in [0.25, 0.3) is 6.08 Å². The summed E-state index contributed by atoms with van der Waals surface area (Å²) in [7, 11) is 5.79. The Bertz CT molecular complexity index is 305. The number of benzene rings is 1. The number of nitrogens with zero attached hydrogens (tertiary/aromatic N) is 1. The summed E-state index contributed by atoms with van der Waals surface area (Å²) in [6.07, 6.45) is 4.21. The number of methoxy groups -OCH3 is 1. The average molecular weight is 191 g/mol. The minimum absolute atomic E-state index is 0.919. The standard InChI is InChI=1S/C12H17NO/c1-13(2)10-6-8-11-7-4-5-9-12(11)14-3/h4-9H,10H2,1-3H3/b8-6+. The van der Waals surface area contributed by atoms with Crippen molar-refractivity contribution in [1.82, 2.24) is 4.90 Å². The first-order chi connectivity index (χ1) is 6.74. The molecule has 0 bridgehead atoms. The van der Waals surface area contributed by atoms with Gasteiger partial charge in [0.05, 0.1) is 7.11 Å². The van der Waals surface area contributed by atoms with Crippen LogP contribution < -0.4 is 4.74 Å². The monoisotopic (exact) mass is 191 g/mol. The van der Waals surface area contributed by atoms with Crippen molar-refractivity contribution < 1.29 is 4.74 Å². The number of ether oxygens (including phenoxy) is 1. The zero-order valence-electron chi connectivity index (χ0n) is 9.03. The highest BCUT2D eigenvalue weighted by molar-refractivity contribution is 5.57. The van der Waals surface area contributed by atoms with Gasteiger partial charge in [0, 0.05) is 12.1 Å². The average Bonchev–Trinajstić information content (AvgIpc) is 2.18. The Morgan fingerprint density at radius 1 is 1.29 bits per heavy atom. The predicted molar refractivity (Wildman–Crippen MR) is 60.6 cm³/mol. The van der Waals surface area contributed by atoms with Crippen molar-refractivity contribution in [2.24, 2.45) is 0 Å². The van der Waals surface area contributed by atoms with Crippen LogP contribution in [0.2, 0.25) is 0 Å². The maximum atomic E-state index is 5.24. The molecule has 0 amide bonds. The molecule has 14 heavy (non-hydrogen) atoms. The summed E-state index contributed by atoms with van der Waals surface area (Å²) < 4.78 is 5.24. The van der Waals surface area contributed by atoms with Gasteiger partial charge < -0.3 is 9.64 Å². The van der Waals surface area contributed by atoms with Crippen LogP contribution in [-0.4, -0.2) is 32.6 Å². The molecule has 0 radical (unpaired) electrons. The van der Waals surface area contributed by atoms with Gasteiger partial charge in [0.2, 0.25) is 0 Å². The molecule has 0 aliphatic heterocycles. The molecule has 76 valence electrons. The second kappa shape index (κ2) is 5.45. The topological polar surface area (TPSA) is 12.5 Å². The fraction of sp³-hybridized carbons (Fsp3) is 0.333. The van der Waals surface area contributed by atoms with Crippen LogP contribution in [0, 0.1) is 0 Å². The summed E-state index contributed by atoms with van der Waals surface area (Å²) in [5.74, 6) is 0.919. The SMILES string of the molecule is COc1ccccc1/C=C/CN(C)C. The highest BCUT2D eigenvalue weighted by Crippen LogP contribution is 2.18. The fourth-order valence-corrected chi connectivity index (χ4v) is 1.19. The van der Waals surface area contributed by atoms with Crippen LogP contribution in [0.4, 0.5) is 0 Å². The van der Waals surface area contributed by atoms with E-state index in [2.05, 4.69) is 17.1 Å². The second-order valence-corrected chi connectivity index (χ2v) is 3.41. The molecule has 0 saturated carbocycles. The van der Waals surface area contributed by atoms with Crippen LogP contribution in [0.3, 0.4) is 0 Å². The molecule has 0 unspecified atom stereocenters. The Kier molecular flexibility index (Phi) is 4.20. The van der Waals surface area contributed by atoms with Gasteiger partial charge >= 0.3 is 0 Å². The lowest BCUT2D eigenvalue weighted by atomic mass is 10.2. The van der Waals surface area contributed by atoms with E-state index < -0.39 is 0 Å². The van der Waals surface area contributed by atoms with Gasteiger partial charge in [-0.2, -0.15) is 0 Å². The fourth-order valence-electron chi connectivity index (χ4n) is 1.19. The predicted octanol–water partition coefficient (Wildman–Crippen LogP) is 2.27. The van der Waals surface area contributed by atoms with Crippen LogP contribution in [0.15, 0.2) is 30.3 Å². The van der Waals surface area contributed by atoms with Crippen LogP contribution >= 0.6 is 0 Å². The Balaban J connectivity index is 2.70. The normalized spacial score (nSPS) is 11.1. The van der Waals surface area contributed by atoms with Gasteiger partial charge in [-0.3, -0.25) is 0 Å². The molecule has 1 aromatic carbocycles. The third kappa shape index (κ3) is 3.23. The van der Waals surface area contributed by atoms with Crippen molar-refractivity contribution >= 4 is 6.08 Å². The highest BCUT2D eigenvalue weighted by Gasteiger charge is 1.95. The van der Waals surface area contributed by atoms with Gasteiger partial charge in [-0.1, -0.05) is 30.4 Å². The number of rotatable bonds is 4. The van der Waals surface area contributed by atoms with E-state index in [1.807, 2.05) is 38.4 Å². The Morgan fingerprint density at radius 3 is 2.64 bits per heavy atom. The van der Waals surface area contributed by atoms with Crippen molar-refractivity contribution in [2.45, 2.75) is 0 Å². The quantitative estimate of drug-likeness (QED) is 0.724. The molecule has 0 saturated heterocycles. The lowest BCUT2D eigenvalue weighted by Gasteiger charge is -2.05. The van der Waals surface area contributed by atoms with Gasteiger partial charge in [-0.05, 0) is 20.2 Å². The summed E-state index contributed by atoms with van der Waals surface area (Å²) >= 11 is 0. The zero-order chi connectivity index (χ0) is 10.4. The van der Waals surface area contributed by atoms with E-state index in [0.29, 0.717) is 0 Å².